The van der Waals surface area contributed by atoms with Crippen molar-refractivity contribution in [2.45, 2.75) is 44.2 Å². The Labute approximate surface area is 144 Å². The molecule has 3 rings (SSSR count). The van der Waals surface area contributed by atoms with Crippen LogP contribution >= 0.6 is 12.4 Å². The molecule has 0 amide bonds. The Morgan fingerprint density at radius 2 is 2.13 bits per heavy atom. The first kappa shape index (κ1) is 18.2. The highest BCUT2D eigenvalue weighted by atomic mass is 35.5. The van der Waals surface area contributed by atoms with Crippen LogP contribution in [0.2, 0.25) is 0 Å². The number of halogens is 1. The molecule has 1 saturated carbocycles. The largest absolute Gasteiger partial charge is 0.465 e. The van der Waals surface area contributed by atoms with E-state index in [0.717, 1.165) is 31.9 Å². The second-order valence-corrected chi connectivity index (χ2v) is 6.41. The van der Waals surface area contributed by atoms with Crippen LogP contribution in [-0.4, -0.2) is 48.1 Å². The van der Waals surface area contributed by atoms with E-state index in [9.17, 15) is 4.79 Å². The van der Waals surface area contributed by atoms with Gasteiger partial charge in [-0.25, -0.2) is 4.79 Å². The van der Waals surface area contributed by atoms with Crippen LogP contribution in [0.5, 0.6) is 0 Å². The Morgan fingerprint density at radius 3 is 2.78 bits per heavy atom. The molecule has 5 nitrogen and oxygen atoms in total. The van der Waals surface area contributed by atoms with Crippen molar-refractivity contribution in [3.8, 4) is 0 Å². The zero-order valence-electron chi connectivity index (χ0n) is 13.7. The standard InChI is InChI=1S/C17H25N3O2.ClH/c1-22-16(21)14-5-6-15(19-11-14)12-20-10-9-18-13-17(20)7-3-2-4-8-17;/h5-6,11,18H,2-4,7-10,12-13H2,1H3;1H. The van der Waals surface area contributed by atoms with E-state index in [2.05, 4.69) is 15.2 Å². The SMILES string of the molecule is COC(=O)c1ccc(CN2CCNCC23CCCCC3)nc1.Cl. The molecule has 0 atom stereocenters. The van der Waals surface area contributed by atoms with Gasteiger partial charge in [0.2, 0.25) is 0 Å². The number of piperazine rings is 1. The summed E-state index contributed by atoms with van der Waals surface area (Å²) >= 11 is 0. The second kappa shape index (κ2) is 8.08. The number of hydrogen-bond acceptors (Lipinski definition) is 5. The molecule has 0 radical (unpaired) electrons. The van der Waals surface area contributed by atoms with Crippen molar-refractivity contribution >= 4 is 18.4 Å². The van der Waals surface area contributed by atoms with Crippen molar-refractivity contribution < 1.29 is 9.53 Å². The number of carbonyl (C=O) groups excluding carboxylic acids is 1. The molecule has 2 fully saturated rings. The van der Waals surface area contributed by atoms with E-state index >= 15 is 0 Å². The molecule has 1 N–H and O–H groups in total. The lowest BCUT2D eigenvalue weighted by Gasteiger charge is -2.49. The molecule has 0 bridgehead atoms. The number of carbonyl (C=O) groups is 1. The van der Waals surface area contributed by atoms with Gasteiger partial charge < -0.3 is 10.1 Å². The van der Waals surface area contributed by atoms with E-state index < -0.39 is 0 Å². The average molecular weight is 340 g/mol. The van der Waals surface area contributed by atoms with Crippen LogP contribution < -0.4 is 5.32 Å². The Bertz CT molecular complexity index is 507. The summed E-state index contributed by atoms with van der Waals surface area (Å²) in [6.45, 7) is 4.07. The summed E-state index contributed by atoms with van der Waals surface area (Å²) in [7, 11) is 1.39. The highest BCUT2D eigenvalue weighted by Crippen LogP contribution is 2.35. The number of rotatable bonds is 3. The monoisotopic (exact) mass is 339 g/mol. The lowest BCUT2D eigenvalue weighted by Crippen LogP contribution is -2.61. The van der Waals surface area contributed by atoms with Crippen molar-refractivity contribution in [1.29, 1.82) is 0 Å². The predicted octanol–water partition coefficient (Wildman–Crippen LogP) is 2.40. The minimum atomic E-state index is -0.329. The van der Waals surface area contributed by atoms with Gasteiger partial charge in [-0.05, 0) is 25.0 Å². The number of nitrogens with zero attached hydrogens (tertiary/aromatic N) is 2. The van der Waals surface area contributed by atoms with Crippen LogP contribution in [0.3, 0.4) is 0 Å². The lowest BCUT2D eigenvalue weighted by molar-refractivity contribution is 0.0199. The predicted molar refractivity (Wildman–Crippen MR) is 91.9 cm³/mol. The zero-order chi connectivity index (χ0) is 15.4. The Morgan fingerprint density at radius 1 is 1.35 bits per heavy atom. The minimum Gasteiger partial charge on any atom is -0.465 e. The summed E-state index contributed by atoms with van der Waals surface area (Å²) in [5, 5.41) is 3.57. The summed E-state index contributed by atoms with van der Waals surface area (Å²) in [6.07, 6.45) is 8.19. The fourth-order valence-corrected chi connectivity index (χ4v) is 3.79. The Hall–Kier alpha value is -1.17. The third kappa shape index (κ3) is 4.03. The quantitative estimate of drug-likeness (QED) is 0.857. The van der Waals surface area contributed by atoms with Crippen molar-refractivity contribution in [1.82, 2.24) is 15.2 Å². The van der Waals surface area contributed by atoms with Crippen LogP contribution in [-0.2, 0) is 11.3 Å². The number of esters is 1. The molecule has 23 heavy (non-hydrogen) atoms. The lowest BCUT2D eigenvalue weighted by atomic mass is 9.79. The van der Waals surface area contributed by atoms with Gasteiger partial charge in [-0.1, -0.05) is 19.3 Å². The van der Waals surface area contributed by atoms with Crippen molar-refractivity contribution in [2.75, 3.05) is 26.7 Å². The first-order chi connectivity index (χ1) is 10.7. The number of aromatic nitrogens is 1. The third-order valence-corrected chi connectivity index (χ3v) is 5.07. The number of ether oxygens (including phenoxy) is 1. The highest BCUT2D eigenvalue weighted by molar-refractivity contribution is 5.88. The van der Waals surface area contributed by atoms with Gasteiger partial charge in [0, 0.05) is 37.9 Å². The molecular weight excluding hydrogens is 314 g/mol. The molecule has 1 aliphatic carbocycles. The van der Waals surface area contributed by atoms with Gasteiger partial charge in [0.15, 0.2) is 0 Å². The van der Waals surface area contributed by atoms with Gasteiger partial charge in [-0.15, -0.1) is 12.4 Å². The molecular formula is C17H26ClN3O2. The van der Waals surface area contributed by atoms with Crippen molar-refractivity contribution in [3.63, 3.8) is 0 Å². The van der Waals surface area contributed by atoms with Gasteiger partial charge in [0.1, 0.15) is 0 Å². The smallest absolute Gasteiger partial charge is 0.339 e. The molecule has 1 aliphatic heterocycles. The summed E-state index contributed by atoms with van der Waals surface area (Å²) in [5.74, 6) is -0.329. The molecule has 1 aromatic heterocycles. The number of hydrogen-bond donors (Lipinski definition) is 1. The van der Waals surface area contributed by atoms with E-state index in [1.54, 1.807) is 6.20 Å². The molecule has 6 heteroatoms. The summed E-state index contributed by atoms with van der Waals surface area (Å²) in [6, 6.07) is 3.76. The van der Waals surface area contributed by atoms with Gasteiger partial charge in [-0.2, -0.15) is 0 Å². The van der Waals surface area contributed by atoms with Crippen LogP contribution in [0.25, 0.3) is 0 Å². The number of pyridine rings is 1. The van der Waals surface area contributed by atoms with Gasteiger partial charge in [-0.3, -0.25) is 9.88 Å². The Balaban J connectivity index is 0.00000192. The Kier molecular flexibility index (Phi) is 6.39. The molecule has 1 saturated heterocycles. The average Bonchev–Trinajstić information content (AvgIpc) is 2.58. The molecule has 128 valence electrons. The maximum atomic E-state index is 11.5. The third-order valence-electron chi connectivity index (χ3n) is 5.07. The van der Waals surface area contributed by atoms with Crippen molar-refractivity contribution in [2.24, 2.45) is 0 Å². The molecule has 2 aliphatic rings. The van der Waals surface area contributed by atoms with E-state index in [1.165, 1.54) is 39.2 Å². The van der Waals surface area contributed by atoms with Crippen LogP contribution in [0.15, 0.2) is 18.3 Å². The van der Waals surface area contributed by atoms with Crippen LogP contribution in [0, 0.1) is 0 Å². The van der Waals surface area contributed by atoms with E-state index in [4.69, 9.17) is 4.74 Å². The van der Waals surface area contributed by atoms with Crippen molar-refractivity contribution in [3.05, 3.63) is 29.6 Å². The normalized spacial score (nSPS) is 20.7. The van der Waals surface area contributed by atoms with Gasteiger partial charge in [0.25, 0.3) is 0 Å². The second-order valence-electron chi connectivity index (χ2n) is 6.41. The molecule has 2 heterocycles. The van der Waals surface area contributed by atoms with Gasteiger partial charge in [0.05, 0.1) is 18.4 Å². The fourth-order valence-electron chi connectivity index (χ4n) is 3.79. The van der Waals surface area contributed by atoms with E-state index in [0.29, 0.717) is 11.1 Å². The minimum absolute atomic E-state index is 0. The molecule has 1 aromatic rings. The number of nitrogens with one attached hydrogen (secondary N) is 1. The molecule has 1 spiro atoms. The first-order valence-electron chi connectivity index (χ1n) is 8.23. The highest BCUT2D eigenvalue weighted by Gasteiger charge is 2.39. The zero-order valence-corrected chi connectivity index (χ0v) is 14.5. The maximum absolute atomic E-state index is 11.5. The molecule has 0 unspecified atom stereocenters. The first-order valence-corrected chi connectivity index (χ1v) is 8.23. The van der Waals surface area contributed by atoms with E-state index in [-0.39, 0.29) is 18.4 Å². The summed E-state index contributed by atoms with van der Waals surface area (Å²) in [5.41, 5.74) is 1.84. The number of methoxy groups -OCH3 is 1. The topological polar surface area (TPSA) is 54.5 Å². The maximum Gasteiger partial charge on any atom is 0.339 e. The molecule has 0 aromatic carbocycles. The fraction of sp³-hybridized carbons (Fsp3) is 0.647. The van der Waals surface area contributed by atoms with Gasteiger partial charge >= 0.3 is 5.97 Å². The summed E-state index contributed by atoms with van der Waals surface area (Å²) < 4.78 is 4.72. The van der Waals surface area contributed by atoms with E-state index in [1.807, 2.05) is 12.1 Å². The van der Waals surface area contributed by atoms with Crippen LogP contribution in [0.4, 0.5) is 0 Å². The van der Waals surface area contributed by atoms with Crippen LogP contribution in [0.1, 0.15) is 48.2 Å². The summed E-state index contributed by atoms with van der Waals surface area (Å²) in [4.78, 5) is 18.5.